The van der Waals surface area contributed by atoms with Crippen molar-refractivity contribution in [3.05, 3.63) is 121 Å². The van der Waals surface area contributed by atoms with E-state index in [-0.39, 0.29) is 16.9 Å². The normalized spacial score (nSPS) is 10.8. The monoisotopic (exact) mass is 672 g/mol. The van der Waals surface area contributed by atoms with Gasteiger partial charge in [-0.2, -0.15) is 0 Å². The average molecular weight is 673 g/mol. The number of hydrogen-bond donors (Lipinski definition) is 2. The van der Waals surface area contributed by atoms with E-state index in [4.69, 9.17) is 28.4 Å². The molecule has 0 atom stereocenters. The number of phenolic OH excluding ortho intramolecular Hbond substituents is 2. The number of ether oxygens (including phenoxy) is 6. The van der Waals surface area contributed by atoms with Gasteiger partial charge in [-0.15, -0.1) is 0 Å². The third-order valence-corrected chi connectivity index (χ3v) is 7.09. The van der Waals surface area contributed by atoms with Gasteiger partial charge in [-0.05, 0) is 86.3 Å². The van der Waals surface area contributed by atoms with Gasteiger partial charge >= 0.3 is 0 Å². The first kappa shape index (κ1) is 39.9. The van der Waals surface area contributed by atoms with Crippen LogP contribution in [-0.4, -0.2) is 37.6 Å². The summed E-state index contributed by atoms with van der Waals surface area (Å²) in [5, 5.41) is 18.7. The van der Waals surface area contributed by atoms with E-state index in [9.17, 15) is 10.2 Å². The highest BCUT2D eigenvalue weighted by Crippen LogP contribution is 2.34. The van der Waals surface area contributed by atoms with Crippen LogP contribution in [0.2, 0.25) is 0 Å². The van der Waals surface area contributed by atoms with E-state index in [1.807, 2.05) is 13.8 Å². The van der Waals surface area contributed by atoms with Crippen LogP contribution < -0.4 is 28.4 Å². The maximum Gasteiger partial charge on any atom is 0.171 e. The van der Waals surface area contributed by atoms with Crippen molar-refractivity contribution in [1.29, 1.82) is 0 Å². The van der Waals surface area contributed by atoms with E-state index in [1.54, 1.807) is 50.6 Å². The van der Waals surface area contributed by atoms with Crippen molar-refractivity contribution in [3.63, 3.8) is 0 Å². The minimum Gasteiger partial charge on any atom is -0.504 e. The van der Waals surface area contributed by atoms with Crippen LogP contribution in [0.4, 0.5) is 0 Å². The van der Waals surface area contributed by atoms with Gasteiger partial charge in [0.15, 0.2) is 23.0 Å². The van der Waals surface area contributed by atoms with E-state index in [2.05, 4.69) is 76.2 Å². The second-order valence-electron chi connectivity index (χ2n) is 11.2. The van der Waals surface area contributed by atoms with Crippen molar-refractivity contribution >= 4 is 0 Å². The zero-order valence-electron chi connectivity index (χ0n) is 30.1. The van der Waals surface area contributed by atoms with Gasteiger partial charge in [0.2, 0.25) is 0 Å². The number of benzene rings is 4. The molecular formula is C41H52O8. The molecule has 0 heterocycles. The number of hydrogen-bond acceptors (Lipinski definition) is 8. The Morgan fingerprint density at radius 1 is 0.551 bits per heavy atom. The van der Waals surface area contributed by atoms with Crippen LogP contribution >= 0.6 is 0 Å². The predicted molar refractivity (Wildman–Crippen MR) is 197 cm³/mol. The number of phenols is 2. The fourth-order valence-corrected chi connectivity index (χ4v) is 4.26. The molecule has 4 aromatic rings. The highest BCUT2D eigenvalue weighted by Gasteiger charge is 2.23. The van der Waals surface area contributed by atoms with Gasteiger partial charge in [0.25, 0.3) is 0 Å². The van der Waals surface area contributed by atoms with Crippen LogP contribution in [0.3, 0.4) is 0 Å². The van der Waals surface area contributed by atoms with Crippen molar-refractivity contribution in [2.45, 2.75) is 59.8 Å². The van der Waals surface area contributed by atoms with Gasteiger partial charge in [0.1, 0.15) is 23.0 Å². The fraction of sp³-hybridized carbons (Fsp3) is 0.317. The molecule has 0 bridgehead atoms. The molecule has 0 saturated heterocycles. The Bertz CT molecular complexity index is 1440. The summed E-state index contributed by atoms with van der Waals surface area (Å²) in [5.74, 6) is 4.15. The largest absolute Gasteiger partial charge is 0.504 e. The Hall–Kier alpha value is -5.24. The molecule has 0 aliphatic heterocycles. The molecular weight excluding hydrogens is 620 g/mol. The first-order valence-corrected chi connectivity index (χ1v) is 16.4. The first-order valence-electron chi connectivity index (χ1n) is 16.4. The van der Waals surface area contributed by atoms with Gasteiger partial charge in [-0.1, -0.05) is 64.1 Å². The highest BCUT2D eigenvalue weighted by atomic mass is 16.5. The molecule has 0 aromatic heterocycles. The third-order valence-electron chi connectivity index (χ3n) is 7.09. The van der Waals surface area contributed by atoms with Gasteiger partial charge < -0.3 is 38.6 Å². The minimum atomic E-state index is -0.0490. The summed E-state index contributed by atoms with van der Waals surface area (Å²) in [7, 11) is 3.12. The van der Waals surface area contributed by atoms with E-state index in [0.717, 1.165) is 37.6 Å². The molecule has 0 unspecified atom stereocenters. The fourth-order valence-electron chi connectivity index (χ4n) is 4.26. The van der Waals surface area contributed by atoms with Crippen LogP contribution in [0.5, 0.6) is 46.0 Å². The van der Waals surface area contributed by atoms with E-state index in [1.165, 1.54) is 35.8 Å². The second-order valence-corrected chi connectivity index (χ2v) is 11.2. The SMILES string of the molecule is CC=COc1cc(OC)ccc1O.CC=COc1cc(OC)ccc1O.CCCOc1ccc(C(C)(C)c2ccc(OCCC)cc2)cc1. The standard InChI is InChI=1S/C21H28O2.2C10H12O3/c1-5-15-22-19-11-7-17(8-12-19)21(3,4)18-9-13-20(14-10-18)23-16-6-2;2*1-3-6-13-10-7-8(12-2)4-5-9(10)11/h7-14H,5-6,15-16H2,1-4H3;2*3-7,11H,1-2H3. The summed E-state index contributed by atoms with van der Waals surface area (Å²) in [6.07, 6.45) is 8.51. The molecule has 49 heavy (non-hydrogen) atoms. The number of methoxy groups -OCH3 is 2. The molecule has 0 spiro atoms. The highest BCUT2D eigenvalue weighted by molar-refractivity contribution is 5.46. The lowest BCUT2D eigenvalue weighted by molar-refractivity contribution is 0.317. The smallest absolute Gasteiger partial charge is 0.171 e. The van der Waals surface area contributed by atoms with E-state index in [0.29, 0.717) is 23.0 Å². The summed E-state index contributed by atoms with van der Waals surface area (Å²) in [5.41, 5.74) is 2.51. The maximum absolute atomic E-state index is 9.34. The molecule has 0 radical (unpaired) electrons. The summed E-state index contributed by atoms with van der Waals surface area (Å²) < 4.78 is 31.5. The molecule has 8 nitrogen and oxygen atoms in total. The average Bonchev–Trinajstić information content (AvgIpc) is 3.13. The van der Waals surface area contributed by atoms with Crippen molar-refractivity contribution in [1.82, 2.24) is 0 Å². The zero-order chi connectivity index (χ0) is 36.1. The van der Waals surface area contributed by atoms with Gasteiger partial charge in [0.05, 0.1) is 40.0 Å². The predicted octanol–water partition coefficient (Wildman–Crippen LogP) is 10.2. The second kappa shape index (κ2) is 21.6. The molecule has 0 amide bonds. The van der Waals surface area contributed by atoms with Crippen LogP contribution in [0.15, 0.2) is 110 Å². The summed E-state index contributed by atoms with van der Waals surface area (Å²) in [4.78, 5) is 0. The molecule has 8 heteroatoms. The van der Waals surface area contributed by atoms with Crippen LogP contribution in [0.1, 0.15) is 65.5 Å². The lowest BCUT2D eigenvalue weighted by Crippen LogP contribution is -2.18. The van der Waals surface area contributed by atoms with Crippen LogP contribution in [0.25, 0.3) is 0 Å². The molecule has 264 valence electrons. The molecule has 4 aromatic carbocycles. The van der Waals surface area contributed by atoms with E-state index < -0.39 is 0 Å². The molecule has 2 N–H and O–H groups in total. The molecule has 0 saturated carbocycles. The number of allylic oxidation sites excluding steroid dienone is 2. The van der Waals surface area contributed by atoms with Gasteiger partial charge in [-0.25, -0.2) is 0 Å². The molecule has 4 rings (SSSR count). The number of rotatable bonds is 14. The topological polar surface area (TPSA) is 95.8 Å². The van der Waals surface area contributed by atoms with Crippen molar-refractivity contribution in [3.8, 4) is 46.0 Å². The maximum atomic E-state index is 9.34. The van der Waals surface area contributed by atoms with Gasteiger partial charge in [0, 0.05) is 17.5 Å². The molecule has 0 aliphatic rings. The Kier molecular flexibility index (Phi) is 17.6. The Balaban J connectivity index is 0.000000274. The molecule has 0 fully saturated rings. The zero-order valence-corrected chi connectivity index (χ0v) is 30.1. The van der Waals surface area contributed by atoms with Crippen molar-refractivity contribution in [2.24, 2.45) is 0 Å². The summed E-state index contributed by atoms with van der Waals surface area (Å²) in [6, 6.07) is 26.5. The quantitative estimate of drug-likeness (QED) is 0.128. The Morgan fingerprint density at radius 3 is 1.20 bits per heavy atom. The third kappa shape index (κ3) is 13.4. The van der Waals surface area contributed by atoms with Crippen molar-refractivity contribution < 1.29 is 38.6 Å². The van der Waals surface area contributed by atoms with Gasteiger partial charge in [-0.3, -0.25) is 0 Å². The van der Waals surface area contributed by atoms with Crippen LogP contribution in [0, 0.1) is 0 Å². The minimum absolute atomic E-state index is 0.0490. The van der Waals surface area contributed by atoms with E-state index >= 15 is 0 Å². The summed E-state index contributed by atoms with van der Waals surface area (Å²) in [6.45, 7) is 13.9. The van der Waals surface area contributed by atoms with Crippen LogP contribution in [-0.2, 0) is 5.41 Å². The number of aromatic hydroxyl groups is 2. The summed E-state index contributed by atoms with van der Waals surface area (Å²) >= 11 is 0. The lowest BCUT2D eigenvalue weighted by Gasteiger charge is -2.26. The van der Waals surface area contributed by atoms with Crippen molar-refractivity contribution in [2.75, 3.05) is 27.4 Å². The first-order chi connectivity index (χ1) is 23.6. The Labute approximate surface area is 292 Å². The molecule has 0 aliphatic carbocycles. The lowest BCUT2D eigenvalue weighted by atomic mass is 9.78. The Morgan fingerprint density at radius 2 is 0.898 bits per heavy atom.